The minimum atomic E-state index is -0.0547. The van der Waals surface area contributed by atoms with E-state index >= 15 is 0 Å². The molecule has 2 amide bonds. The highest BCUT2D eigenvalue weighted by atomic mass is 127. The zero-order valence-corrected chi connectivity index (χ0v) is 12.7. The van der Waals surface area contributed by atoms with Crippen molar-refractivity contribution < 1.29 is 9.59 Å². The molecule has 0 saturated carbocycles. The normalized spacial score (nSPS) is 14.9. The van der Waals surface area contributed by atoms with Gasteiger partial charge in [0.05, 0.1) is 0 Å². The Morgan fingerprint density at radius 3 is 2.72 bits per heavy atom. The molecule has 1 heterocycles. The summed E-state index contributed by atoms with van der Waals surface area (Å²) in [6.45, 7) is 1.25. The van der Waals surface area contributed by atoms with Crippen molar-refractivity contribution in [2.24, 2.45) is 0 Å². The lowest BCUT2D eigenvalue weighted by Crippen LogP contribution is -2.27. The van der Waals surface area contributed by atoms with Crippen LogP contribution in [0.2, 0.25) is 0 Å². The number of benzene rings is 1. The van der Waals surface area contributed by atoms with Gasteiger partial charge in [0.1, 0.15) is 0 Å². The highest BCUT2D eigenvalue weighted by Gasteiger charge is 2.21. The van der Waals surface area contributed by atoms with Gasteiger partial charge in [-0.1, -0.05) is 11.8 Å². The second-order valence-corrected chi connectivity index (χ2v) is 6.20. The second-order valence-electron chi connectivity index (χ2n) is 3.91. The molecule has 4 nitrogen and oxygen atoms in total. The zero-order valence-electron chi connectivity index (χ0n) is 9.69. The minimum Gasteiger partial charge on any atom is -0.332 e. The average Bonchev–Trinajstić information content (AvgIpc) is 2.75. The largest absolute Gasteiger partial charge is 0.332 e. The van der Waals surface area contributed by atoms with E-state index in [1.165, 1.54) is 11.8 Å². The Bertz CT molecular complexity index is 450. The van der Waals surface area contributed by atoms with Gasteiger partial charge >= 0.3 is 0 Å². The molecule has 0 unspecified atom stereocenters. The third kappa shape index (κ3) is 3.88. The fraction of sp³-hybridized carbons (Fsp3) is 0.333. The number of nitrogens with one attached hydrogen (secondary N) is 1. The van der Waals surface area contributed by atoms with E-state index in [4.69, 9.17) is 0 Å². The van der Waals surface area contributed by atoms with Crippen molar-refractivity contribution in [3.8, 4) is 0 Å². The molecule has 0 atom stereocenters. The smallest absolute Gasteiger partial charge is 0.281 e. The molecule has 1 fully saturated rings. The summed E-state index contributed by atoms with van der Waals surface area (Å²) < 4.78 is 1.13. The van der Waals surface area contributed by atoms with Crippen molar-refractivity contribution in [3.63, 3.8) is 0 Å². The van der Waals surface area contributed by atoms with Crippen molar-refractivity contribution in [3.05, 3.63) is 27.8 Å². The third-order valence-electron chi connectivity index (χ3n) is 2.58. The van der Waals surface area contributed by atoms with Gasteiger partial charge < -0.3 is 10.2 Å². The molecule has 0 bridgehead atoms. The van der Waals surface area contributed by atoms with E-state index in [2.05, 4.69) is 27.9 Å². The van der Waals surface area contributed by atoms with E-state index in [1.807, 2.05) is 24.3 Å². The summed E-state index contributed by atoms with van der Waals surface area (Å²) in [6.07, 6.45) is 0.346. The fourth-order valence-electron chi connectivity index (χ4n) is 1.62. The molecule has 0 aromatic heterocycles. The summed E-state index contributed by atoms with van der Waals surface area (Å²) in [6, 6.07) is 7.63. The van der Waals surface area contributed by atoms with E-state index in [1.54, 1.807) is 4.90 Å². The Balaban J connectivity index is 1.78. The van der Waals surface area contributed by atoms with Crippen LogP contribution in [0, 0.1) is 3.57 Å². The molecule has 1 aromatic carbocycles. The number of carbonyl (C=O) groups excluding carboxylic acids is 2. The first-order valence-corrected chi connectivity index (χ1v) is 7.69. The van der Waals surface area contributed by atoms with E-state index in [0.29, 0.717) is 13.0 Å². The van der Waals surface area contributed by atoms with Crippen molar-refractivity contribution in [2.45, 2.75) is 6.42 Å². The molecular weight excluding hydrogens is 363 g/mol. The maximum absolute atomic E-state index is 11.7. The summed E-state index contributed by atoms with van der Waals surface area (Å²) in [5.74, 6) is 0.776. The van der Waals surface area contributed by atoms with Crippen LogP contribution in [0.3, 0.4) is 0 Å². The monoisotopic (exact) mass is 376 g/mol. The molecule has 0 radical (unpaired) electrons. The topological polar surface area (TPSA) is 49.4 Å². The van der Waals surface area contributed by atoms with Crippen molar-refractivity contribution in [2.75, 3.05) is 24.2 Å². The molecule has 6 heteroatoms. The van der Waals surface area contributed by atoms with Crippen molar-refractivity contribution >= 4 is 51.2 Å². The van der Waals surface area contributed by atoms with Gasteiger partial charge in [0.25, 0.3) is 5.24 Å². The SMILES string of the molecule is O=C(CCN1CCSC1=O)Nc1ccc(I)cc1. The van der Waals surface area contributed by atoms with Crippen LogP contribution in [-0.2, 0) is 4.79 Å². The van der Waals surface area contributed by atoms with Gasteiger partial charge in [-0.05, 0) is 46.9 Å². The number of hydrogen-bond donors (Lipinski definition) is 1. The average molecular weight is 376 g/mol. The first kappa shape index (κ1) is 13.7. The lowest BCUT2D eigenvalue weighted by Gasteiger charge is -2.13. The van der Waals surface area contributed by atoms with Crippen molar-refractivity contribution in [1.29, 1.82) is 0 Å². The van der Waals surface area contributed by atoms with Gasteiger partial charge in [-0.2, -0.15) is 0 Å². The third-order valence-corrected chi connectivity index (χ3v) is 4.19. The molecule has 1 aromatic rings. The Hall–Kier alpha value is -0.760. The van der Waals surface area contributed by atoms with E-state index in [9.17, 15) is 9.59 Å². The predicted molar refractivity (Wildman–Crippen MR) is 81.8 cm³/mol. The summed E-state index contributed by atoms with van der Waals surface area (Å²) in [4.78, 5) is 24.8. The molecule has 1 aliphatic heterocycles. The van der Waals surface area contributed by atoms with Gasteiger partial charge in [0.15, 0.2) is 0 Å². The number of halogens is 1. The maximum Gasteiger partial charge on any atom is 0.281 e. The fourth-order valence-corrected chi connectivity index (χ4v) is 2.83. The summed E-state index contributed by atoms with van der Waals surface area (Å²) in [5.41, 5.74) is 0.794. The Morgan fingerprint density at radius 2 is 2.11 bits per heavy atom. The van der Waals surface area contributed by atoms with Crippen LogP contribution in [0.1, 0.15) is 6.42 Å². The van der Waals surface area contributed by atoms with Gasteiger partial charge in [0, 0.05) is 34.5 Å². The van der Waals surface area contributed by atoms with Crippen LogP contribution in [0.25, 0.3) is 0 Å². The number of hydrogen-bond acceptors (Lipinski definition) is 3. The van der Waals surface area contributed by atoms with E-state index < -0.39 is 0 Å². The zero-order chi connectivity index (χ0) is 13.0. The predicted octanol–water partition coefficient (Wildman–Crippen LogP) is 2.79. The number of thioether (sulfide) groups is 1. The number of amides is 2. The molecule has 0 aliphatic carbocycles. The molecular formula is C12H13IN2O2S. The summed E-state index contributed by atoms with van der Waals surface area (Å²) in [7, 11) is 0. The first-order chi connectivity index (χ1) is 8.65. The van der Waals surface area contributed by atoms with Gasteiger partial charge in [-0.25, -0.2) is 0 Å². The molecule has 96 valence electrons. The van der Waals surface area contributed by atoms with E-state index in [-0.39, 0.29) is 11.1 Å². The number of rotatable bonds is 4. The van der Waals surface area contributed by atoms with Crippen LogP contribution in [0.4, 0.5) is 10.5 Å². The lowest BCUT2D eigenvalue weighted by molar-refractivity contribution is -0.116. The second kappa shape index (κ2) is 6.42. The Labute approximate surface area is 124 Å². The number of carbonyl (C=O) groups is 2. The minimum absolute atomic E-state index is 0.0547. The van der Waals surface area contributed by atoms with Gasteiger partial charge in [-0.15, -0.1) is 0 Å². The van der Waals surface area contributed by atoms with Crippen LogP contribution >= 0.6 is 34.4 Å². The number of anilines is 1. The van der Waals surface area contributed by atoms with Crippen molar-refractivity contribution in [1.82, 2.24) is 4.90 Å². The van der Waals surface area contributed by atoms with Crippen LogP contribution < -0.4 is 5.32 Å². The lowest BCUT2D eigenvalue weighted by atomic mass is 10.3. The molecule has 1 N–H and O–H groups in total. The number of nitrogens with zero attached hydrogens (tertiary/aromatic N) is 1. The molecule has 2 rings (SSSR count). The van der Waals surface area contributed by atoms with Crippen LogP contribution in [0.5, 0.6) is 0 Å². The molecule has 18 heavy (non-hydrogen) atoms. The Kier molecular flexibility index (Phi) is 4.87. The molecule has 0 spiro atoms. The van der Waals surface area contributed by atoms with E-state index in [0.717, 1.165) is 21.6 Å². The van der Waals surface area contributed by atoms with Crippen LogP contribution in [0.15, 0.2) is 24.3 Å². The standard InChI is InChI=1S/C12H13IN2O2S/c13-9-1-3-10(4-2-9)14-11(16)5-6-15-7-8-18-12(15)17/h1-4H,5-8H2,(H,14,16). The summed E-state index contributed by atoms with van der Waals surface area (Å²) in [5, 5.41) is 2.90. The maximum atomic E-state index is 11.7. The molecule has 1 aliphatic rings. The highest BCUT2D eigenvalue weighted by Crippen LogP contribution is 2.17. The van der Waals surface area contributed by atoms with Gasteiger partial charge in [-0.3, -0.25) is 9.59 Å². The Morgan fingerprint density at radius 1 is 1.39 bits per heavy atom. The quantitative estimate of drug-likeness (QED) is 0.823. The van der Waals surface area contributed by atoms with Crippen LogP contribution in [-0.4, -0.2) is 34.9 Å². The first-order valence-electron chi connectivity index (χ1n) is 5.62. The summed E-state index contributed by atoms with van der Waals surface area (Å²) >= 11 is 3.53. The van der Waals surface area contributed by atoms with Gasteiger partial charge in [0.2, 0.25) is 5.91 Å². The highest BCUT2D eigenvalue weighted by molar-refractivity contribution is 14.1. The molecule has 1 saturated heterocycles.